The molecule has 0 aromatic carbocycles. The average molecular weight is 299 g/mol. The van der Waals surface area contributed by atoms with Gasteiger partial charge in [0.2, 0.25) is 0 Å². The molecular formula is C11H14ClF3N2S. The molecule has 2 aliphatic rings. The van der Waals surface area contributed by atoms with Gasteiger partial charge >= 0.3 is 5.51 Å². The highest BCUT2D eigenvalue weighted by Crippen LogP contribution is 2.43. The summed E-state index contributed by atoms with van der Waals surface area (Å²) in [4.78, 5) is 0.231. The third-order valence-corrected chi connectivity index (χ3v) is 3.45. The van der Waals surface area contributed by atoms with Gasteiger partial charge in [-0.15, -0.1) is 0 Å². The van der Waals surface area contributed by atoms with E-state index in [-0.39, 0.29) is 16.7 Å². The van der Waals surface area contributed by atoms with Crippen molar-refractivity contribution in [3.63, 3.8) is 0 Å². The molecule has 0 fully saturated rings. The Bertz CT molecular complexity index is 402. The fourth-order valence-electron chi connectivity index (χ4n) is 1.55. The zero-order chi connectivity index (χ0) is 13.9. The van der Waals surface area contributed by atoms with Gasteiger partial charge in [0.1, 0.15) is 5.16 Å². The molecule has 102 valence electrons. The Morgan fingerprint density at radius 1 is 1.39 bits per heavy atom. The van der Waals surface area contributed by atoms with Crippen molar-refractivity contribution in [3.8, 4) is 0 Å². The molecule has 1 atom stereocenters. The molecule has 0 saturated heterocycles. The predicted octanol–water partition coefficient (Wildman–Crippen LogP) is 4.34. The van der Waals surface area contributed by atoms with Crippen LogP contribution in [0.15, 0.2) is 34.0 Å². The average Bonchev–Trinajstić information content (AvgIpc) is 2.59. The monoisotopic (exact) mass is 298 g/mol. The molecule has 1 unspecified atom stereocenters. The Kier molecular flexibility index (Phi) is 5.19. The molecule has 2 aliphatic heterocycles. The van der Waals surface area contributed by atoms with E-state index in [1.165, 1.54) is 5.01 Å². The number of nitrogens with one attached hydrogen (secondary N) is 1. The van der Waals surface area contributed by atoms with Gasteiger partial charge in [-0.2, -0.15) is 13.2 Å². The molecule has 2 nitrogen and oxygen atoms in total. The standard InChI is InChI=1S/C9H8ClF3N2S.C2H6/c1-5-8(16-9(11,12)13)6-3-2-4-7(10)15(6)14-5;1-2/h2-5,14H,1H3;1-2H3. The maximum absolute atomic E-state index is 12.3. The highest BCUT2D eigenvalue weighted by molar-refractivity contribution is 8.04. The Morgan fingerprint density at radius 3 is 2.56 bits per heavy atom. The SMILES string of the molecule is CC.CC1NN2C(Cl)=CC=CC2=C1SC(F)(F)F. The number of thioether (sulfide) groups is 1. The number of alkyl halides is 3. The highest BCUT2D eigenvalue weighted by atomic mass is 35.5. The van der Waals surface area contributed by atoms with Crippen LogP contribution in [0.25, 0.3) is 0 Å². The van der Waals surface area contributed by atoms with Gasteiger partial charge in [-0.25, -0.2) is 5.43 Å². The number of hydrazine groups is 1. The highest BCUT2D eigenvalue weighted by Gasteiger charge is 2.38. The molecule has 0 bridgehead atoms. The van der Waals surface area contributed by atoms with Gasteiger partial charge in [0.15, 0.2) is 0 Å². The molecule has 0 spiro atoms. The number of hydrogen-bond donors (Lipinski definition) is 1. The normalized spacial score (nSPS) is 22.5. The summed E-state index contributed by atoms with van der Waals surface area (Å²) in [6.45, 7) is 5.66. The summed E-state index contributed by atoms with van der Waals surface area (Å²) in [5.41, 5.74) is -0.956. The number of halogens is 4. The number of rotatable bonds is 1. The van der Waals surface area contributed by atoms with Gasteiger partial charge in [0.25, 0.3) is 0 Å². The van der Waals surface area contributed by atoms with Crippen LogP contribution in [0.3, 0.4) is 0 Å². The van der Waals surface area contributed by atoms with Crippen LogP contribution in [-0.2, 0) is 0 Å². The van der Waals surface area contributed by atoms with E-state index < -0.39 is 11.6 Å². The maximum Gasteiger partial charge on any atom is 0.446 e. The van der Waals surface area contributed by atoms with Crippen LogP contribution < -0.4 is 5.43 Å². The van der Waals surface area contributed by atoms with Crippen molar-refractivity contribution in [1.82, 2.24) is 10.4 Å². The lowest BCUT2D eigenvalue weighted by Gasteiger charge is -2.22. The molecule has 0 saturated carbocycles. The first kappa shape index (κ1) is 15.5. The van der Waals surface area contributed by atoms with E-state index in [0.29, 0.717) is 10.9 Å². The minimum atomic E-state index is -4.28. The molecule has 0 amide bonds. The second-order valence-corrected chi connectivity index (χ2v) is 4.83. The molecule has 1 N–H and O–H groups in total. The predicted molar refractivity (Wildman–Crippen MR) is 69.5 cm³/mol. The minimum absolute atomic E-state index is 0.101. The third-order valence-electron chi connectivity index (χ3n) is 2.14. The summed E-state index contributed by atoms with van der Waals surface area (Å²) < 4.78 is 37.0. The van der Waals surface area contributed by atoms with Gasteiger partial charge in [0, 0.05) is 4.91 Å². The van der Waals surface area contributed by atoms with Crippen molar-refractivity contribution < 1.29 is 13.2 Å². The lowest BCUT2D eigenvalue weighted by Crippen LogP contribution is -2.34. The first-order valence-electron chi connectivity index (χ1n) is 5.48. The largest absolute Gasteiger partial charge is 0.446 e. The first-order valence-corrected chi connectivity index (χ1v) is 6.68. The summed E-state index contributed by atoms with van der Waals surface area (Å²) in [6.07, 6.45) is 4.85. The van der Waals surface area contributed by atoms with Crippen LogP contribution in [0.1, 0.15) is 20.8 Å². The summed E-state index contributed by atoms with van der Waals surface area (Å²) in [5.74, 6) is 0. The van der Waals surface area contributed by atoms with E-state index in [4.69, 9.17) is 11.6 Å². The fourth-order valence-corrected chi connectivity index (χ4v) is 2.50. The lowest BCUT2D eigenvalue weighted by atomic mass is 10.2. The Hall–Kier alpha value is -0.590. The molecule has 2 rings (SSSR count). The van der Waals surface area contributed by atoms with Crippen LogP contribution in [-0.4, -0.2) is 16.6 Å². The van der Waals surface area contributed by atoms with Crippen molar-refractivity contribution in [1.29, 1.82) is 0 Å². The van der Waals surface area contributed by atoms with Crippen LogP contribution in [0.2, 0.25) is 0 Å². The van der Waals surface area contributed by atoms with Crippen LogP contribution in [0, 0.1) is 0 Å². The van der Waals surface area contributed by atoms with Gasteiger partial charge in [-0.3, -0.25) is 5.01 Å². The molecule has 7 heteroatoms. The summed E-state index contributed by atoms with van der Waals surface area (Å²) in [7, 11) is 0. The topological polar surface area (TPSA) is 15.3 Å². The zero-order valence-electron chi connectivity index (χ0n) is 10.2. The van der Waals surface area contributed by atoms with Crippen LogP contribution >= 0.6 is 23.4 Å². The van der Waals surface area contributed by atoms with E-state index in [2.05, 4.69) is 5.43 Å². The lowest BCUT2D eigenvalue weighted by molar-refractivity contribution is -0.0323. The Morgan fingerprint density at radius 2 is 2.00 bits per heavy atom. The molecule has 0 aromatic heterocycles. The Balaban J connectivity index is 0.000000771. The van der Waals surface area contributed by atoms with Crippen molar-refractivity contribution in [3.05, 3.63) is 34.0 Å². The van der Waals surface area contributed by atoms with Crippen molar-refractivity contribution in [2.75, 3.05) is 0 Å². The number of hydrogen-bond acceptors (Lipinski definition) is 3. The summed E-state index contributed by atoms with van der Waals surface area (Å²) in [5, 5.41) is 1.82. The van der Waals surface area contributed by atoms with Gasteiger partial charge in [-0.1, -0.05) is 31.5 Å². The van der Waals surface area contributed by atoms with E-state index in [1.807, 2.05) is 13.8 Å². The van der Waals surface area contributed by atoms with E-state index >= 15 is 0 Å². The number of allylic oxidation sites excluding steroid dienone is 3. The molecule has 0 aromatic rings. The van der Waals surface area contributed by atoms with Crippen molar-refractivity contribution >= 4 is 23.4 Å². The number of fused-ring (bicyclic) bond motifs is 1. The second-order valence-electron chi connectivity index (χ2n) is 3.33. The minimum Gasteiger partial charge on any atom is -0.264 e. The van der Waals surface area contributed by atoms with E-state index in [1.54, 1.807) is 25.2 Å². The summed E-state index contributed by atoms with van der Waals surface area (Å²) >= 11 is 5.77. The van der Waals surface area contributed by atoms with Gasteiger partial charge in [0.05, 0.1) is 11.7 Å². The molecular weight excluding hydrogens is 285 g/mol. The second kappa shape index (κ2) is 6.04. The molecule has 2 heterocycles. The van der Waals surface area contributed by atoms with Crippen molar-refractivity contribution in [2.24, 2.45) is 0 Å². The van der Waals surface area contributed by atoms with E-state index in [9.17, 15) is 13.2 Å². The van der Waals surface area contributed by atoms with Crippen LogP contribution in [0.4, 0.5) is 13.2 Å². The first-order chi connectivity index (χ1) is 8.38. The summed E-state index contributed by atoms with van der Waals surface area (Å²) in [6, 6.07) is -0.397. The van der Waals surface area contributed by atoms with Crippen LogP contribution in [0.5, 0.6) is 0 Å². The van der Waals surface area contributed by atoms with Gasteiger partial charge in [-0.05, 0) is 30.8 Å². The molecule has 0 radical (unpaired) electrons. The third kappa shape index (κ3) is 3.46. The number of nitrogens with zero attached hydrogens (tertiary/aromatic N) is 1. The molecule has 0 aliphatic carbocycles. The maximum atomic E-state index is 12.3. The van der Waals surface area contributed by atoms with E-state index in [0.717, 1.165) is 0 Å². The fraction of sp³-hybridized carbons (Fsp3) is 0.455. The Labute approximate surface area is 114 Å². The molecule has 18 heavy (non-hydrogen) atoms. The zero-order valence-corrected chi connectivity index (χ0v) is 11.7. The van der Waals surface area contributed by atoms with Gasteiger partial charge < -0.3 is 0 Å². The van der Waals surface area contributed by atoms with Crippen molar-refractivity contribution in [2.45, 2.75) is 32.3 Å². The smallest absolute Gasteiger partial charge is 0.264 e. The quantitative estimate of drug-likeness (QED) is 0.725.